The van der Waals surface area contributed by atoms with E-state index < -0.39 is 11.2 Å². The van der Waals surface area contributed by atoms with Gasteiger partial charge in [0.2, 0.25) is 0 Å². The number of methoxy groups -OCH3 is 2. The largest absolute Gasteiger partial charge is 0.485 e. The normalized spacial score (nSPS) is 12.5. The number of benzene rings is 1. The molecule has 1 rings (SSSR count). The quantitative estimate of drug-likeness (QED) is 0.457. The Labute approximate surface area is 111 Å². The molecule has 1 aromatic rings. The standard InChI is InChI=1S/C12H18N2O5/c1-8(12(17-2)18-3)19-11-5-4-10(14(15)16)6-9(11)7-13/h4-6,8,12H,7,13H2,1-3H3. The molecule has 1 unspecified atom stereocenters. The van der Waals surface area contributed by atoms with Crippen LogP contribution in [-0.2, 0) is 16.0 Å². The lowest BCUT2D eigenvalue weighted by Crippen LogP contribution is -2.32. The molecule has 2 N–H and O–H groups in total. The molecule has 0 aliphatic heterocycles. The van der Waals surface area contributed by atoms with E-state index in [0.717, 1.165) is 0 Å². The van der Waals surface area contributed by atoms with Crippen molar-refractivity contribution in [2.24, 2.45) is 5.73 Å². The van der Waals surface area contributed by atoms with Crippen LogP contribution in [0.1, 0.15) is 12.5 Å². The van der Waals surface area contributed by atoms with E-state index in [0.29, 0.717) is 11.3 Å². The highest BCUT2D eigenvalue weighted by atomic mass is 16.7. The number of non-ortho nitro benzene ring substituents is 1. The lowest BCUT2D eigenvalue weighted by atomic mass is 10.1. The Kier molecular flexibility index (Phi) is 5.68. The van der Waals surface area contributed by atoms with Crippen LogP contribution in [0.4, 0.5) is 5.69 Å². The Bertz CT molecular complexity index is 434. The van der Waals surface area contributed by atoms with Crippen molar-refractivity contribution in [1.29, 1.82) is 0 Å². The lowest BCUT2D eigenvalue weighted by Gasteiger charge is -2.23. The van der Waals surface area contributed by atoms with Gasteiger partial charge in [-0.2, -0.15) is 0 Å². The van der Waals surface area contributed by atoms with Crippen LogP contribution >= 0.6 is 0 Å². The van der Waals surface area contributed by atoms with Gasteiger partial charge in [0.1, 0.15) is 11.9 Å². The van der Waals surface area contributed by atoms with Gasteiger partial charge < -0.3 is 19.9 Å². The first-order chi connectivity index (χ1) is 9.03. The zero-order chi connectivity index (χ0) is 14.4. The fourth-order valence-corrected chi connectivity index (χ4v) is 1.69. The van der Waals surface area contributed by atoms with Crippen LogP contribution in [-0.4, -0.2) is 31.5 Å². The molecule has 0 amide bonds. The molecule has 0 heterocycles. The third-order valence-electron chi connectivity index (χ3n) is 2.64. The Balaban J connectivity index is 2.91. The van der Waals surface area contributed by atoms with E-state index in [4.69, 9.17) is 19.9 Å². The predicted octanol–water partition coefficient (Wildman–Crippen LogP) is 1.44. The number of nitrogens with two attached hydrogens (primary N) is 1. The van der Waals surface area contributed by atoms with E-state index in [2.05, 4.69) is 0 Å². The van der Waals surface area contributed by atoms with E-state index in [1.165, 1.54) is 32.4 Å². The van der Waals surface area contributed by atoms with Crippen LogP contribution < -0.4 is 10.5 Å². The number of nitrogens with zero attached hydrogens (tertiary/aromatic N) is 1. The molecule has 106 valence electrons. The molecule has 0 aromatic heterocycles. The number of rotatable bonds is 7. The second kappa shape index (κ2) is 7.03. The summed E-state index contributed by atoms with van der Waals surface area (Å²) < 4.78 is 15.8. The Morgan fingerprint density at radius 2 is 2.00 bits per heavy atom. The number of hydrogen-bond acceptors (Lipinski definition) is 6. The summed E-state index contributed by atoms with van der Waals surface area (Å²) in [6, 6.07) is 4.30. The molecule has 1 atom stereocenters. The zero-order valence-corrected chi connectivity index (χ0v) is 11.2. The minimum absolute atomic E-state index is 0.0181. The summed E-state index contributed by atoms with van der Waals surface area (Å²) in [6.07, 6.45) is -0.900. The van der Waals surface area contributed by atoms with Gasteiger partial charge in [-0.15, -0.1) is 0 Å². The second-order valence-corrected chi connectivity index (χ2v) is 3.92. The molecular formula is C12H18N2O5. The van der Waals surface area contributed by atoms with E-state index >= 15 is 0 Å². The van der Waals surface area contributed by atoms with Crippen LogP contribution in [0.25, 0.3) is 0 Å². The van der Waals surface area contributed by atoms with E-state index in [-0.39, 0.29) is 18.3 Å². The van der Waals surface area contributed by atoms with E-state index in [1.54, 1.807) is 6.92 Å². The molecule has 0 spiro atoms. The van der Waals surface area contributed by atoms with Crippen LogP contribution in [0.15, 0.2) is 18.2 Å². The maximum absolute atomic E-state index is 10.7. The molecule has 0 aliphatic rings. The summed E-state index contributed by atoms with van der Waals surface area (Å²) in [6.45, 7) is 1.92. The number of nitro benzene ring substituents is 1. The highest BCUT2D eigenvalue weighted by Crippen LogP contribution is 2.25. The monoisotopic (exact) mass is 270 g/mol. The summed E-state index contributed by atoms with van der Waals surface area (Å²) in [4.78, 5) is 10.2. The van der Waals surface area contributed by atoms with Crippen molar-refractivity contribution < 1.29 is 19.1 Å². The third-order valence-corrected chi connectivity index (χ3v) is 2.64. The molecule has 7 heteroatoms. The molecule has 19 heavy (non-hydrogen) atoms. The van der Waals surface area contributed by atoms with Crippen molar-refractivity contribution in [3.8, 4) is 5.75 Å². The highest BCUT2D eigenvalue weighted by molar-refractivity contribution is 5.43. The van der Waals surface area contributed by atoms with E-state index in [1.807, 2.05) is 0 Å². The average molecular weight is 270 g/mol. The van der Waals surface area contributed by atoms with Gasteiger partial charge in [-0.25, -0.2) is 0 Å². The lowest BCUT2D eigenvalue weighted by molar-refractivity contribution is -0.384. The van der Waals surface area contributed by atoms with Gasteiger partial charge in [-0.05, 0) is 13.0 Å². The molecule has 7 nitrogen and oxygen atoms in total. The highest BCUT2D eigenvalue weighted by Gasteiger charge is 2.19. The molecule has 1 aromatic carbocycles. The summed E-state index contributed by atoms with van der Waals surface area (Å²) in [7, 11) is 3.02. The second-order valence-electron chi connectivity index (χ2n) is 3.92. The van der Waals surface area contributed by atoms with Crippen molar-refractivity contribution in [2.45, 2.75) is 25.9 Å². The fraction of sp³-hybridized carbons (Fsp3) is 0.500. The zero-order valence-electron chi connectivity index (χ0n) is 11.2. The molecule has 0 saturated carbocycles. The number of nitro groups is 1. The van der Waals surface area contributed by atoms with Crippen LogP contribution in [0.3, 0.4) is 0 Å². The first kappa shape index (κ1) is 15.4. The average Bonchev–Trinajstić information content (AvgIpc) is 2.40. The van der Waals surface area contributed by atoms with Crippen molar-refractivity contribution >= 4 is 5.69 Å². The Hall–Kier alpha value is -1.70. The molecule has 0 aliphatic carbocycles. The SMILES string of the molecule is COC(OC)C(C)Oc1ccc([N+](=O)[O-])cc1CN. The van der Waals surface area contributed by atoms with Crippen molar-refractivity contribution in [1.82, 2.24) is 0 Å². The van der Waals surface area contributed by atoms with Gasteiger partial charge >= 0.3 is 0 Å². The third kappa shape index (κ3) is 3.88. The molecule has 0 saturated heterocycles. The van der Waals surface area contributed by atoms with Gasteiger partial charge in [-0.3, -0.25) is 10.1 Å². The minimum atomic E-state index is -0.527. The van der Waals surface area contributed by atoms with Gasteiger partial charge in [0, 0.05) is 38.5 Å². The summed E-state index contributed by atoms with van der Waals surface area (Å²) in [5.41, 5.74) is 6.12. The van der Waals surface area contributed by atoms with Gasteiger partial charge in [-0.1, -0.05) is 0 Å². The van der Waals surface area contributed by atoms with Gasteiger partial charge in [0.05, 0.1) is 4.92 Å². The first-order valence-corrected chi connectivity index (χ1v) is 5.73. The summed E-state index contributed by atoms with van der Waals surface area (Å²) in [5, 5.41) is 10.7. The molecule has 0 radical (unpaired) electrons. The minimum Gasteiger partial charge on any atom is -0.485 e. The summed E-state index contributed by atoms with van der Waals surface area (Å²) >= 11 is 0. The first-order valence-electron chi connectivity index (χ1n) is 5.73. The maximum atomic E-state index is 10.7. The van der Waals surface area contributed by atoms with E-state index in [9.17, 15) is 10.1 Å². The van der Waals surface area contributed by atoms with Crippen LogP contribution in [0.5, 0.6) is 5.75 Å². The van der Waals surface area contributed by atoms with Crippen LogP contribution in [0.2, 0.25) is 0 Å². The molecule has 0 fully saturated rings. The van der Waals surface area contributed by atoms with Crippen molar-refractivity contribution in [3.05, 3.63) is 33.9 Å². The van der Waals surface area contributed by atoms with Gasteiger partial charge in [0.15, 0.2) is 6.29 Å². The van der Waals surface area contributed by atoms with Gasteiger partial charge in [0.25, 0.3) is 5.69 Å². The maximum Gasteiger partial charge on any atom is 0.270 e. The summed E-state index contributed by atoms with van der Waals surface area (Å²) in [5.74, 6) is 0.486. The smallest absolute Gasteiger partial charge is 0.270 e. The topological polar surface area (TPSA) is 96.8 Å². The molecule has 0 bridgehead atoms. The predicted molar refractivity (Wildman–Crippen MR) is 68.9 cm³/mol. The number of ether oxygens (including phenoxy) is 3. The molecular weight excluding hydrogens is 252 g/mol. The van der Waals surface area contributed by atoms with Crippen LogP contribution in [0, 0.1) is 10.1 Å². The number of hydrogen-bond donors (Lipinski definition) is 1. The van der Waals surface area contributed by atoms with Crippen molar-refractivity contribution in [2.75, 3.05) is 14.2 Å². The van der Waals surface area contributed by atoms with Crippen molar-refractivity contribution in [3.63, 3.8) is 0 Å². The Morgan fingerprint density at radius 1 is 1.37 bits per heavy atom. The Morgan fingerprint density at radius 3 is 2.47 bits per heavy atom. The fourth-order valence-electron chi connectivity index (χ4n) is 1.69.